The summed E-state index contributed by atoms with van der Waals surface area (Å²) in [7, 11) is 1.34. The van der Waals surface area contributed by atoms with Gasteiger partial charge in [0, 0.05) is 6.54 Å². The van der Waals surface area contributed by atoms with Crippen molar-refractivity contribution in [1.82, 2.24) is 4.90 Å². The minimum Gasteiger partial charge on any atom is -0.453 e. The number of aliphatic hydroxyl groups is 1. The van der Waals surface area contributed by atoms with Gasteiger partial charge >= 0.3 is 6.09 Å². The number of amides is 1. The van der Waals surface area contributed by atoms with Gasteiger partial charge in [-0.2, -0.15) is 0 Å². The molecule has 1 fully saturated rings. The summed E-state index contributed by atoms with van der Waals surface area (Å²) in [6.45, 7) is 2.68. The molecule has 0 aromatic carbocycles. The largest absolute Gasteiger partial charge is 0.453 e. The molecule has 4 nitrogen and oxygen atoms in total. The first kappa shape index (κ1) is 8.33. The maximum absolute atomic E-state index is 10.9. The van der Waals surface area contributed by atoms with E-state index in [1.165, 1.54) is 12.0 Å². The molecule has 1 rings (SSSR count). The maximum Gasteiger partial charge on any atom is 0.409 e. The van der Waals surface area contributed by atoms with Gasteiger partial charge < -0.3 is 14.7 Å². The monoisotopic (exact) mass is 159 g/mol. The van der Waals surface area contributed by atoms with Crippen LogP contribution in [0, 0.1) is 0 Å². The van der Waals surface area contributed by atoms with E-state index in [0.717, 1.165) is 0 Å². The predicted molar refractivity (Wildman–Crippen MR) is 39.2 cm³/mol. The number of methoxy groups -OCH3 is 1. The Morgan fingerprint density at radius 1 is 1.73 bits per heavy atom. The number of likely N-dealkylation sites (tertiary alicyclic amines) is 1. The lowest BCUT2D eigenvalue weighted by molar-refractivity contribution is 0.0645. The van der Waals surface area contributed by atoms with Crippen LogP contribution < -0.4 is 0 Å². The molecule has 1 amide bonds. The third-order valence-electron chi connectivity index (χ3n) is 1.88. The van der Waals surface area contributed by atoms with Gasteiger partial charge in [0.1, 0.15) is 0 Å². The fourth-order valence-electron chi connectivity index (χ4n) is 1.23. The average Bonchev–Trinajstić information content (AvgIpc) is 2.29. The Bertz CT molecular complexity index is 167. The van der Waals surface area contributed by atoms with Crippen LogP contribution in [0.4, 0.5) is 4.79 Å². The molecule has 0 radical (unpaired) electrons. The molecular formula is C7H13NO3. The van der Waals surface area contributed by atoms with E-state index in [2.05, 4.69) is 4.74 Å². The van der Waals surface area contributed by atoms with Crippen molar-refractivity contribution in [3.05, 3.63) is 0 Å². The van der Waals surface area contributed by atoms with Crippen molar-refractivity contribution in [2.24, 2.45) is 0 Å². The third-order valence-corrected chi connectivity index (χ3v) is 1.88. The van der Waals surface area contributed by atoms with E-state index in [-0.39, 0.29) is 6.09 Å². The molecule has 0 saturated carbocycles. The molecule has 1 aliphatic rings. The summed E-state index contributed by atoms with van der Waals surface area (Å²) < 4.78 is 4.50. The predicted octanol–water partition coefficient (Wildman–Crippen LogP) is 0.210. The van der Waals surface area contributed by atoms with Crippen molar-refractivity contribution in [2.75, 3.05) is 20.2 Å². The van der Waals surface area contributed by atoms with Gasteiger partial charge in [-0.3, -0.25) is 0 Å². The number of ether oxygens (including phenoxy) is 1. The maximum atomic E-state index is 10.9. The van der Waals surface area contributed by atoms with Gasteiger partial charge in [0.2, 0.25) is 0 Å². The normalized spacial score (nSPS) is 30.6. The second-order valence-corrected chi connectivity index (χ2v) is 3.14. The number of carbonyl (C=O) groups is 1. The highest BCUT2D eigenvalue weighted by atomic mass is 16.5. The average molecular weight is 159 g/mol. The quantitative estimate of drug-likeness (QED) is 0.549. The first-order chi connectivity index (χ1) is 5.05. The van der Waals surface area contributed by atoms with E-state index in [1.807, 2.05) is 0 Å². The zero-order valence-corrected chi connectivity index (χ0v) is 6.83. The van der Waals surface area contributed by atoms with Gasteiger partial charge in [-0.1, -0.05) is 0 Å². The van der Waals surface area contributed by atoms with E-state index >= 15 is 0 Å². The first-order valence-electron chi connectivity index (χ1n) is 3.60. The van der Waals surface area contributed by atoms with Crippen LogP contribution in [0.2, 0.25) is 0 Å². The topological polar surface area (TPSA) is 49.8 Å². The van der Waals surface area contributed by atoms with E-state index < -0.39 is 5.60 Å². The van der Waals surface area contributed by atoms with Crippen LogP contribution in [0.25, 0.3) is 0 Å². The smallest absolute Gasteiger partial charge is 0.409 e. The minimum atomic E-state index is -0.728. The summed E-state index contributed by atoms with van der Waals surface area (Å²) in [4.78, 5) is 12.4. The van der Waals surface area contributed by atoms with E-state index in [1.54, 1.807) is 6.92 Å². The molecule has 0 aliphatic carbocycles. The second-order valence-electron chi connectivity index (χ2n) is 3.14. The first-order valence-corrected chi connectivity index (χ1v) is 3.60. The van der Waals surface area contributed by atoms with Crippen molar-refractivity contribution < 1.29 is 14.6 Å². The fraction of sp³-hybridized carbons (Fsp3) is 0.857. The molecule has 1 aliphatic heterocycles. The molecule has 1 atom stereocenters. The molecule has 64 valence electrons. The number of β-amino-alcohol motifs (C(OH)–C–C–N with tert-alkyl or cyclic N) is 1. The van der Waals surface area contributed by atoms with Gasteiger partial charge in [0.05, 0.1) is 19.3 Å². The van der Waals surface area contributed by atoms with Crippen molar-refractivity contribution in [1.29, 1.82) is 0 Å². The van der Waals surface area contributed by atoms with E-state index in [4.69, 9.17) is 0 Å². The third kappa shape index (κ3) is 1.83. The van der Waals surface area contributed by atoms with E-state index in [9.17, 15) is 9.90 Å². The molecule has 0 spiro atoms. The fourth-order valence-corrected chi connectivity index (χ4v) is 1.23. The summed E-state index contributed by atoms with van der Waals surface area (Å²) >= 11 is 0. The number of carbonyl (C=O) groups excluding carboxylic acids is 1. The number of nitrogens with zero attached hydrogens (tertiary/aromatic N) is 1. The number of hydrogen-bond acceptors (Lipinski definition) is 3. The van der Waals surface area contributed by atoms with Crippen LogP contribution in [0.15, 0.2) is 0 Å². The molecule has 0 bridgehead atoms. The van der Waals surface area contributed by atoms with Gasteiger partial charge in [0.15, 0.2) is 0 Å². The minimum absolute atomic E-state index is 0.359. The lowest BCUT2D eigenvalue weighted by Crippen LogP contribution is -2.33. The molecule has 1 N–H and O–H groups in total. The second kappa shape index (κ2) is 2.70. The lowest BCUT2D eigenvalue weighted by atomic mass is 10.1. The highest BCUT2D eigenvalue weighted by Crippen LogP contribution is 2.20. The van der Waals surface area contributed by atoms with Gasteiger partial charge in [-0.05, 0) is 13.3 Å². The summed E-state index contributed by atoms with van der Waals surface area (Å²) in [5.74, 6) is 0. The lowest BCUT2D eigenvalue weighted by Gasteiger charge is -2.17. The van der Waals surface area contributed by atoms with Crippen LogP contribution >= 0.6 is 0 Å². The molecule has 1 heterocycles. The molecular weight excluding hydrogens is 146 g/mol. The molecule has 4 heteroatoms. The van der Waals surface area contributed by atoms with Crippen LogP contribution in [-0.2, 0) is 4.74 Å². The van der Waals surface area contributed by atoms with Crippen LogP contribution in [0.1, 0.15) is 13.3 Å². The Labute approximate surface area is 65.8 Å². The Kier molecular flexibility index (Phi) is 2.04. The number of hydrogen-bond donors (Lipinski definition) is 1. The highest BCUT2D eigenvalue weighted by molar-refractivity contribution is 5.67. The van der Waals surface area contributed by atoms with Crippen LogP contribution in [0.3, 0.4) is 0 Å². The highest BCUT2D eigenvalue weighted by Gasteiger charge is 2.34. The van der Waals surface area contributed by atoms with Gasteiger partial charge in [-0.25, -0.2) is 4.79 Å². The molecule has 0 aromatic rings. The Hall–Kier alpha value is -0.770. The van der Waals surface area contributed by atoms with Gasteiger partial charge in [-0.15, -0.1) is 0 Å². The SMILES string of the molecule is COC(=O)N1CCC(C)(O)C1. The summed E-state index contributed by atoms with van der Waals surface area (Å²) in [6.07, 6.45) is 0.269. The Balaban J connectivity index is 2.48. The zero-order chi connectivity index (χ0) is 8.48. The van der Waals surface area contributed by atoms with Crippen LogP contribution in [0.5, 0.6) is 0 Å². The molecule has 11 heavy (non-hydrogen) atoms. The Morgan fingerprint density at radius 2 is 2.36 bits per heavy atom. The van der Waals surface area contributed by atoms with Crippen molar-refractivity contribution in [2.45, 2.75) is 18.9 Å². The van der Waals surface area contributed by atoms with E-state index in [0.29, 0.717) is 19.5 Å². The van der Waals surface area contributed by atoms with Crippen LogP contribution in [-0.4, -0.2) is 41.9 Å². The molecule has 1 saturated heterocycles. The van der Waals surface area contributed by atoms with Crippen molar-refractivity contribution in [3.8, 4) is 0 Å². The summed E-state index contributed by atoms with van der Waals surface area (Å²) in [5.41, 5.74) is -0.728. The molecule has 1 unspecified atom stereocenters. The standard InChI is InChI=1S/C7H13NO3/c1-7(10)3-4-8(5-7)6(9)11-2/h10H,3-5H2,1-2H3. The Morgan fingerprint density at radius 3 is 2.73 bits per heavy atom. The number of rotatable bonds is 0. The van der Waals surface area contributed by atoms with Gasteiger partial charge in [0.25, 0.3) is 0 Å². The van der Waals surface area contributed by atoms with Crippen molar-refractivity contribution in [3.63, 3.8) is 0 Å². The summed E-state index contributed by atoms with van der Waals surface area (Å²) in [5, 5.41) is 9.46. The zero-order valence-electron chi connectivity index (χ0n) is 6.83. The molecule has 0 aromatic heterocycles. The van der Waals surface area contributed by atoms with Crippen molar-refractivity contribution >= 4 is 6.09 Å². The summed E-state index contributed by atoms with van der Waals surface area (Å²) in [6, 6.07) is 0.